The van der Waals surface area contributed by atoms with Crippen LogP contribution in [0, 0.1) is 0 Å². The average Bonchev–Trinajstić information content (AvgIpc) is 3.48. The molecule has 196 valence electrons. The number of aliphatic hydroxyl groups is 1. The van der Waals surface area contributed by atoms with Crippen molar-refractivity contribution in [2.24, 2.45) is 7.05 Å². The monoisotopic (exact) mass is 513 g/mol. The van der Waals surface area contributed by atoms with E-state index in [2.05, 4.69) is 28.3 Å². The molecule has 0 unspecified atom stereocenters. The van der Waals surface area contributed by atoms with Crippen molar-refractivity contribution in [2.75, 3.05) is 20.3 Å². The van der Waals surface area contributed by atoms with Crippen LogP contribution in [0.2, 0.25) is 0 Å². The number of fused-ring (bicyclic) bond motifs is 2. The second kappa shape index (κ2) is 11.0. The zero-order chi connectivity index (χ0) is 26.6. The Hall–Kier alpha value is -4.30. The molecular formula is C30H31N3O5. The number of nitrogens with zero attached hydrogens (tertiary/aromatic N) is 2. The van der Waals surface area contributed by atoms with E-state index < -0.39 is 5.97 Å². The quantitative estimate of drug-likeness (QED) is 0.191. The van der Waals surface area contributed by atoms with Crippen molar-refractivity contribution in [1.82, 2.24) is 14.8 Å². The van der Waals surface area contributed by atoms with E-state index in [1.165, 1.54) is 0 Å². The van der Waals surface area contributed by atoms with Crippen molar-refractivity contribution >= 4 is 27.6 Å². The van der Waals surface area contributed by atoms with Crippen LogP contribution in [0.25, 0.3) is 32.8 Å². The molecule has 0 atom stereocenters. The highest BCUT2D eigenvalue weighted by Gasteiger charge is 2.25. The van der Waals surface area contributed by atoms with E-state index in [-0.39, 0.29) is 13.2 Å². The van der Waals surface area contributed by atoms with E-state index in [9.17, 15) is 9.90 Å². The minimum Gasteiger partial charge on any atom is -0.493 e. The topological polar surface area (TPSA) is 98.6 Å². The van der Waals surface area contributed by atoms with Crippen molar-refractivity contribution in [1.29, 1.82) is 0 Å². The predicted molar refractivity (Wildman–Crippen MR) is 147 cm³/mol. The van der Waals surface area contributed by atoms with E-state index in [0.717, 1.165) is 38.6 Å². The van der Waals surface area contributed by atoms with Gasteiger partial charge in [-0.25, -0.2) is 9.48 Å². The number of aromatic nitrogens is 3. The Morgan fingerprint density at radius 3 is 2.61 bits per heavy atom. The summed E-state index contributed by atoms with van der Waals surface area (Å²) in [7, 11) is 3.34. The van der Waals surface area contributed by atoms with Gasteiger partial charge in [0.25, 0.3) is 0 Å². The Kier molecular flexibility index (Phi) is 7.33. The van der Waals surface area contributed by atoms with Gasteiger partial charge in [-0.15, -0.1) is 0 Å². The summed E-state index contributed by atoms with van der Waals surface area (Å²) in [6.07, 6.45) is 1.31. The van der Waals surface area contributed by atoms with Crippen LogP contribution >= 0.6 is 0 Å². The van der Waals surface area contributed by atoms with Crippen molar-refractivity contribution in [3.05, 3.63) is 77.6 Å². The van der Waals surface area contributed by atoms with Crippen LogP contribution in [0.1, 0.15) is 35.1 Å². The number of hydrogen-bond donors (Lipinski definition) is 2. The van der Waals surface area contributed by atoms with Gasteiger partial charge in [-0.1, -0.05) is 54.6 Å². The van der Waals surface area contributed by atoms with Crippen LogP contribution in [0.4, 0.5) is 0 Å². The molecule has 0 radical (unpaired) electrons. The van der Waals surface area contributed by atoms with E-state index in [1.54, 1.807) is 25.8 Å². The third-order valence-corrected chi connectivity index (χ3v) is 6.68. The number of H-pyrrole nitrogens is 1. The number of nitrogens with one attached hydrogen (secondary N) is 1. The van der Waals surface area contributed by atoms with Gasteiger partial charge >= 0.3 is 5.97 Å². The molecule has 2 N–H and O–H groups in total. The number of methoxy groups -OCH3 is 1. The molecule has 3 aromatic carbocycles. The lowest BCUT2D eigenvalue weighted by atomic mass is 9.99. The van der Waals surface area contributed by atoms with E-state index in [0.29, 0.717) is 42.3 Å². The maximum absolute atomic E-state index is 13.0. The Morgan fingerprint density at radius 2 is 1.82 bits per heavy atom. The minimum atomic E-state index is -0.403. The first-order valence-electron chi connectivity index (χ1n) is 12.7. The Bertz CT molecular complexity index is 1600. The van der Waals surface area contributed by atoms with Crippen molar-refractivity contribution in [2.45, 2.75) is 26.4 Å². The summed E-state index contributed by atoms with van der Waals surface area (Å²) in [4.78, 5) is 16.3. The van der Waals surface area contributed by atoms with Gasteiger partial charge in [0.15, 0.2) is 0 Å². The largest absolute Gasteiger partial charge is 0.493 e. The number of aryl methyl sites for hydroxylation is 2. The molecule has 2 aromatic heterocycles. The number of hydrogen-bond acceptors (Lipinski definition) is 6. The lowest BCUT2D eigenvalue weighted by Crippen LogP contribution is -2.09. The molecule has 0 aliphatic carbocycles. The molecule has 0 spiro atoms. The third kappa shape index (κ3) is 4.59. The number of carbonyl (C=O) groups excluding carboxylic acids is 1. The van der Waals surface area contributed by atoms with Gasteiger partial charge in [-0.3, -0.25) is 0 Å². The summed E-state index contributed by atoms with van der Waals surface area (Å²) in [5.74, 6) is 0.967. The molecule has 0 aliphatic rings. The Balaban J connectivity index is 1.49. The molecule has 5 aromatic rings. The fourth-order valence-electron chi connectivity index (χ4n) is 5.05. The first kappa shape index (κ1) is 25.4. The molecule has 8 heteroatoms. The normalized spacial score (nSPS) is 11.3. The van der Waals surface area contributed by atoms with Crippen molar-refractivity contribution < 1.29 is 24.1 Å². The lowest BCUT2D eigenvalue weighted by molar-refractivity contribution is 0.0519. The van der Waals surface area contributed by atoms with Crippen molar-refractivity contribution in [3.8, 4) is 22.8 Å². The maximum Gasteiger partial charge on any atom is 0.355 e. The smallest absolute Gasteiger partial charge is 0.355 e. The molecule has 0 bridgehead atoms. The first-order valence-corrected chi connectivity index (χ1v) is 12.7. The van der Waals surface area contributed by atoms with Crippen LogP contribution in [0.15, 0.2) is 60.7 Å². The average molecular weight is 514 g/mol. The van der Waals surface area contributed by atoms with Crippen LogP contribution in [-0.4, -0.2) is 46.2 Å². The maximum atomic E-state index is 13.0. The molecular weight excluding hydrogens is 482 g/mol. The van der Waals surface area contributed by atoms with E-state index in [4.69, 9.17) is 14.2 Å². The highest BCUT2D eigenvalue weighted by molar-refractivity contribution is 6.04. The molecule has 8 nitrogen and oxygen atoms in total. The number of benzene rings is 3. The van der Waals surface area contributed by atoms with Crippen LogP contribution in [-0.2, 0) is 24.8 Å². The number of para-hydroxylation sites is 1. The molecule has 0 fully saturated rings. The summed E-state index contributed by atoms with van der Waals surface area (Å²) in [6, 6.07) is 20.0. The fraction of sp³-hybridized carbons (Fsp3) is 0.267. The number of aliphatic hydroxyl groups excluding tert-OH is 1. The van der Waals surface area contributed by atoms with Crippen LogP contribution in [0.3, 0.4) is 0 Å². The minimum absolute atomic E-state index is 0.243. The summed E-state index contributed by atoms with van der Waals surface area (Å²) >= 11 is 0. The lowest BCUT2D eigenvalue weighted by Gasteiger charge is -2.10. The molecule has 0 saturated heterocycles. The fourth-order valence-corrected chi connectivity index (χ4v) is 5.05. The summed E-state index contributed by atoms with van der Waals surface area (Å²) in [5, 5.41) is 17.5. The Morgan fingerprint density at radius 1 is 1.05 bits per heavy atom. The molecule has 0 aliphatic heterocycles. The van der Waals surface area contributed by atoms with Gasteiger partial charge in [0.1, 0.15) is 11.4 Å². The number of esters is 1. The second-order valence-electron chi connectivity index (χ2n) is 8.97. The molecule has 0 amide bonds. The number of carbonyl (C=O) groups is 1. The molecule has 2 heterocycles. The highest BCUT2D eigenvalue weighted by atomic mass is 16.5. The molecule has 0 saturated carbocycles. The van der Waals surface area contributed by atoms with Crippen LogP contribution < -0.4 is 9.47 Å². The van der Waals surface area contributed by atoms with Crippen LogP contribution in [0.5, 0.6) is 11.6 Å². The predicted octanol–water partition coefficient (Wildman–Crippen LogP) is 5.41. The molecule has 38 heavy (non-hydrogen) atoms. The van der Waals surface area contributed by atoms with E-state index in [1.807, 2.05) is 42.5 Å². The highest BCUT2D eigenvalue weighted by Crippen LogP contribution is 2.39. The Labute approximate surface area is 220 Å². The standard InChI is InChI=1S/C30H31N3O5/c1-4-37-30(35)28-22(15-9-17-38-25-16-7-11-19-10-5-6-12-20(19)25)21-13-8-14-23(27(21)31-28)26-24(18-34)32-33(2)29(26)36-3/h5-8,10-14,16,31,34H,4,9,15,17-18H2,1-3H3. The number of aromatic amines is 1. The van der Waals surface area contributed by atoms with E-state index >= 15 is 0 Å². The SMILES string of the molecule is CCOC(=O)c1[nH]c2c(-c3c(CO)nn(C)c3OC)cccc2c1CCCOc1cccc2ccccc12. The zero-order valence-corrected chi connectivity index (χ0v) is 21.8. The first-order chi connectivity index (χ1) is 18.6. The zero-order valence-electron chi connectivity index (χ0n) is 21.8. The van der Waals surface area contributed by atoms with Gasteiger partial charge < -0.3 is 24.3 Å². The summed E-state index contributed by atoms with van der Waals surface area (Å²) in [6.45, 7) is 2.31. The molecule has 5 rings (SSSR count). The van der Waals surface area contributed by atoms with Crippen molar-refractivity contribution in [3.63, 3.8) is 0 Å². The van der Waals surface area contributed by atoms with Gasteiger partial charge in [-0.2, -0.15) is 5.10 Å². The van der Waals surface area contributed by atoms with Gasteiger partial charge in [0, 0.05) is 23.4 Å². The number of rotatable bonds is 10. The van der Waals surface area contributed by atoms with Gasteiger partial charge in [-0.05, 0) is 36.8 Å². The van der Waals surface area contributed by atoms with Gasteiger partial charge in [0.2, 0.25) is 5.88 Å². The van der Waals surface area contributed by atoms with Gasteiger partial charge in [0.05, 0.1) is 43.7 Å². The second-order valence-corrected chi connectivity index (χ2v) is 8.97. The third-order valence-electron chi connectivity index (χ3n) is 6.68. The summed E-state index contributed by atoms with van der Waals surface area (Å²) < 4.78 is 18.7. The summed E-state index contributed by atoms with van der Waals surface area (Å²) in [5.41, 5.74) is 4.03. The number of ether oxygens (including phenoxy) is 3.